The molecule has 2 saturated heterocycles. The lowest BCUT2D eigenvalue weighted by Gasteiger charge is -2.43. The predicted molar refractivity (Wildman–Crippen MR) is 82.0 cm³/mol. The second-order valence-corrected chi connectivity index (χ2v) is 7.94. The van der Waals surface area contributed by atoms with E-state index in [2.05, 4.69) is 0 Å². The fourth-order valence-corrected chi connectivity index (χ4v) is 5.40. The summed E-state index contributed by atoms with van der Waals surface area (Å²) in [6.07, 6.45) is 0.919. The van der Waals surface area contributed by atoms with Gasteiger partial charge in [0, 0.05) is 11.7 Å². The second-order valence-electron chi connectivity index (χ2n) is 5.78. The first kappa shape index (κ1) is 14.5. The highest BCUT2D eigenvalue weighted by Crippen LogP contribution is 2.31. The van der Waals surface area contributed by atoms with Gasteiger partial charge in [-0.25, -0.2) is 8.42 Å². The van der Waals surface area contributed by atoms with Gasteiger partial charge < -0.3 is 4.90 Å². The number of carbonyl (C=O) groups excluding carboxylic acids is 1. The third-order valence-electron chi connectivity index (χ3n) is 4.25. The van der Waals surface area contributed by atoms with Crippen molar-refractivity contribution in [2.75, 3.05) is 29.5 Å². The molecule has 2 aliphatic heterocycles. The number of piperazine rings is 1. The van der Waals surface area contributed by atoms with Crippen LogP contribution in [0.25, 0.3) is 0 Å². The van der Waals surface area contributed by atoms with Crippen molar-refractivity contribution >= 4 is 21.4 Å². The number of carbonyl (C=O) groups is 1. The van der Waals surface area contributed by atoms with E-state index in [1.54, 1.807) is 4.90 Å². The zero-order chi connectivity index (χ0) is 15.0. The average molecular weight is 308 g/mol. The Hall–Kier alpha value is -1.40. The molecule has 3 rings (SSSR count). The van der Waals surface area contributed by atoms with Gasteiger partial charge in [-0.1, -0.05) is 25.1 Å². The summed E-state index contributed by atoms with van der Waals surface area (Å²) in [6, 6.07) is 9.05. The lowest BCUT2D eigenvalue weighted by molar-refractivity contribution is -0.123. The zero-order valence-electron chi connectivity index (χ0n) is 12.1. The minimum absolute atomic E-state index is 0.00648. The third kappa shape index (κ3) is 2.70. The molecule has 114 valence electrons. The summed E-state index contributed by atoms with van der Waals surface area (Å²) in [7, 11) is -3.08. The van der Waals surface area contributed by atoms with E-state index in [-0.39, 0.29) is 29.5 Å². The Balaban J connectivity index is 1.97. The molecule has 0 aliphatic carbocycles. The summed E-state index contributed by atoms with van der Waals surface area (Å²) in [5.41, 5.74) is 0.797. The second kappa shape index (κ2) is 5.42. The molecule has 5 nitrogen and oxygen atoms in total. The van der Waals surface area contributed by atoms with Crippen molar-refractivity contribution in [3.05, 3.63) is 30.3 Å². The van der Waals surface area contributed by atoms with Crippen LogP contribution in [0.4, 0.5) is 5.69 Å². The van der Waals surface area contributed by atoms with Crippen LogP contribution in [-0.4, -0.2) is 55.9 Å². The molecule has 6 heteroatoms. The highest BCUT2D eigenvalue weighted by atomic mass is 32.2. The van der Waals surface area contributed by atoms with Crippen LogP contribution in [0.1, 0.15) is 13.3 Å². The predicted octanol–water partition coefficient (Wildman–Crippen LogP) is 0.911. The first-order chi connectivity index (χ1) is 10.0. The number of para-hydroxylation sites is 1. The monoisotopic (exact) mass is 308 g/mol. The van der Waals surface area contributed by atoms with Crippen LogP contribution < -0.4 is 4.90 Å². The number of amides is 1. The first-order valence-electron chi connectivity index (χ1n) is 7.33. The van der Waals surface area contributed by atoms with Crippen molar-refractivity contribution in [3.8, 4) is 0 Å². The van der Waals surface area contributed by atoms with Crippen LogP contribution in [-0.2, 0) is 14.6 Å². The van der Waals surface area contributed by atoms with Crippen molar-refractivity contribution in [1.29, 1.82) is 0 Å². The first-order valence-corrected chi connectivity index (χ1v) is 9.15. The van der Waals surface area contributed by atoms with Crippen molar-refractivity contribution in [2.24, 2.45) is 0 Å². The number of hydrogen-bond donors (Lipinski definition) is 0. The molecule has 2 unspecified atom stereocenters. The van der Waals surface area contributed by atoms with Gasteiger partial charge in [-0.2, -0.15) is 0 Å². The number of anilines is 1. The molecule has 2 heterocycles. The van der Waals surface area contributed by atoms with Crippen LogP contribution in [0.15, 0.2) is 30.3 Å². The van der Waals surface area contributed by atoms with Crippen LogP contribution in [0.5, 0.6) is 0 Å². The van der Waals surface area contributed by atoms with Crippen molar-refractivity contribution in [3.63, 3.8) is 0 Å². The topological polar surface area (TPSA) is 57.7 Å². The quantitative estimate of drug-likeness (QED) is 0.833. The fraction of sp³-hybridized carbons (Fsp3) is 0.533. The van der Waals surface area contributed by atoms with E-state index < -0.39 is 9.84 Å². The molecule has 0 aromatic heterocycles. The molecular weight excluding hydrogens is 288 g/mol. The lowest BCUT2D eigenvalue weighted by Crippen LogP contribution is -2.62. The van der Waals surface area contributed by atoms with Crippen molar-refractivity contribution in [2.45, 2.75) is 25.4 Å². The third-order valence-corrected chi connectivity index (χ3v) is 5.95. The summed E-state index contributed by atoms with van der Waals surface area (Å²) in [5.74, 6) is 0.222. The van der Waals surface area contributed by atoms with Gasteiger partial charge in [0.15, 0.2) is 9.84 Å². The molecule has 2 aliphatic rings. The Morgan fingerprint density at radius 1 is 1.14 bits per heavy atom. The minimum Gasteiger partial charge on any atom is -0.306 e. The maximum Gasteiger partial charge on any atom is 0.241 e. The number of hydrogen-bond acceptors (Lipinski definition) is 4. The molecule has 2 fully saturated rings. The molecule has 1 aromatic rings. The van der Waals surface area contributed by atoms with Gasteiger partial charge in [0.25, 0.3) is 0 Å². The maximum absolute atomic E-state index is 12.5. The summed E-state index contributed by atoms with van der Waals surface area (Å²) < 4.78 is 24.1. The molecule has 2 atom stereocenters. The van der Waals surface area contributed by atoms with Gasteiger partial charge in [0.05, 0.1) is 24.1 Å². The highest BCUT2D eigenvalue weighted by Gasteiger charge is 2.49. The maximum atomic E-state index is 12.5. The standard InChI is InChI=1S/C15H20N2O3S/c1-2-8-16-9-15(18)17(12-6-4-3-5-7-12)14-11-21(19,20)10-13(14)16/h3-7,13-14H,2,8-11H2,1H3. The van der Waals surface area contributed by atoms with E-state index in [0.717, 1.165) is 18.7 Å². The largest absolute Gasteiger partial charge is 0.306 e. The molecule has 0 saturated carbocycles. The number of sulfone groups is 1. The van der Waals surface area contributed by atoms with Crippen molar-refractivity contribution in [1.82, 2.24) is 4.90 Å². The molecule has 21 heavy (non-hydrogen) atoms. The molecule has 0 spiro atoms. The summed E-state index contributed by atoms with van der Waals surface area (Å²) >= 11 is 0. The highest BCUT2D eigenvalue weighted by molar-refractivity contribution is 7.91. The number of nitrogens with zero attached hydrogens (tertiary/aromatic N) is 2. The van der Waals surface area contributed by atoms with Gasteiger partial charge in [-0.15, -0.1) is 0 Å². The molecule has 1 aromatic carbocycles. The summed E-state index contributed by atoms with van der Waals surface area (Å²) in [5, 5.41) is 0. The Bertz CT molecular complexity index is 630. The Labute approximate surface area is 125 Å². The zero-order valence-corrected chi connectivity index (χ0v) is 12.9. The Morgan fingerprint density at radius 2 is 1.81 bits per heavy atom. The van der Waals surface area contributed by atoms with E-state index in [0.29, 0.717) is 6.54 Å². The lowest BCUT2D eigenvalue weighted by atomic mass is 10.0. The van der Waals surface area contributed by atoms with Gasteiger partial charge in [-0.05, 0) is 25.1 Å². The van der Waals surface area contributed by atoms with Gasteiger partial charge >= 0.3 is 0 Å². The van der Waals surface area contributed by atoms with E-state index in [1.807, 2.05) is 42.2 Å². The van der Waals surface area contributed by atoms with Crippen LogP contribution in [0.3, 0.4) is 0 Å². The van der Waals surface area contributed by atoms with E-state index in [9.17, 15) is 13.2 Å². The van der Waals surface area contributed by atoms with Gasteiger partial charge in [-0.3, -0.25) is 9.69 Å². The van der Waals surface area contributed by atoms with Gasteiger partial charge in [0.2, 0.25) is 5.91 Å². The molecule has 0 N–H and O–H groups in total. The molecule has 0 radical (unpaired) electrons. The normalized spacial score (nSPS) is 28.6. The van der Waals surface area contributed by atoms with Crippen molar-refractivity contribution < 1.29 is 13.2 Å². The molecular formula is C15H20N2O3S. The number of rotatable bonds is 3. The SMILES string of the molecule is CCCN1CC(=O)N(c2ccccc2)C2CS(=O)(=O)CC21. The Kier molecular flexibility index (Phi) is 3.75. The Morgan fingerprint density at radius 3 is 2.48 bits per heavy atom. The molecule has 0 bridgehead atoms. The van der Waals surface area contributed by atoms with E-state index in [1.165, 1.54) is 0 Å². The fourth-order valence-electron chi connectivity index (χ4n) is 3.41. The summed E-state index contributed by atoms with van der Waals surface area (Å²) in [4.78, 5) is 16.3. The molecule has 1 amide bonds. The van der Waals surface area contributed by atoms with E-state index in [4.69, 9.17) is 0 Å². The average Bonchev–Trinajstić information content (AvgIpc) is 2.75. The van der Waals surface area contributed by atoms with Crippen LogP contribution in [0.2, 0.25) is 0 Å². The number of benzene rings is 1. The number of fused-ring (bicyclic) bond motifs is 1. The smallest absolute Gasteiger partial charge is 0.241 e. The minimum atomic E-state index is -3.08. The van der Waals surface area contributed by atoms with Gasteiger partial charge in [0.1, 0.15) is 0 Å². The summed E-state index contributed by atoms with van der Waals surface area (Å²) in [6.45, 7) is 3.12. The van der Waals surface area contributed by atoms with E-state index >= 15 is 0 Å². The van der Waals surface area contributed by atoms with Crippen LogP contribution >= 0.6 is 0 Å². The van der Waals surface area contributed by atoms with Crippen LogP contribution in [0, 0.1) is 0 Å².